The molecule has 2 aliphatic carbocycles. The van der Waals surface area contributed by atoms with E-state index in [0.717, 1.165) is 24.8 Å². The average molecular weight is 371 g/mol. The lowest BCUT2D eigenvalue weighted by Crippen LogP contribution is -2.40. The second kappa shape index (κ2) is 7.60. The molecule has 0 radical (unpaired) electrons. The number of Topliss-reactive ketones (excluding diaryl/α,β-unsaturated/α-hetero) is 1. The van der Waals surface area contributed by atoms with Crippen molar-refractivity contribution in [1.29, 1.82) is 0 Å². The van der Waals surface area contributed by atoms with Crippen LogP contribution in [0, 0.1) is 11.3 Å². The SMILES string of the molecule is CCCCCCC(C)(C)c1cc(O)c2c(c1)CC(C)(C)C1CCC(=O)C[C@@H]21. The van der Waals surface area contributed by atoms with Crippen LogP contribution in [-0.2, 0) is 16.6 Å². The highest BCUT2D eigenvalue weighted by molar-refractivity contribution is 5.80. The second-order valence-corrected chi connectivity index (χ2v) is 10.4. The molecule has 1 aromatic carbocycles. The van der Waals surface area contributed by atoms with Gasteiger partial charge < -0.3 is 5.11 Å². The van der Waals surface area contributed by atoms with Gasteiger partial charge in [0.2, 0.25) is 0 Å². The molecule has 1 N–H and O–H groups in total. The summed E-state index contributed by atoms with van der Waals surface area (Å²) in [4.78, 5) is 12.2. The average Bonchev–Trinajstić information content (AvgIpc) is 2.57. The van der Waals surface area contributed by atoms with Gasteiger partial charge in [-0.25, -0.2) is 0 Å². The maximum absolute atomic E-state index is 12.2. The van der Waals surface area contributed by atoms with Gasteiger partial charge in [-0.2, -0.15) is 0 Å². The molecular weight excluding hydrogens is 332 g/mol. The predicted molar refractivity (Wildman–Crippen MR) is 112 cm³/mol. The van der Waals surface area contributed by atoms with Crippen molar-refractivity contribution in [2.75, 3.05) is 0 Å². The third-order valence-electron chi connectivity index (χ3n) is 7.37. The van der Waals surface area contributed by atoms with Gasteiger partial charge in [0.05, 0.1) is 0 Å². The number of carbonyl (C=O) groups excluding carboxylic acids is 1. The molecule has 0 spiro atoms. The smallest absolute Gasteiger partial charge is 0.133 e. The largest absolute Gasteiger partial charge is 0.508 e. The molecule has 1 unspecified atom stereocenters. The third kappa shape index (κ3) is 4.10. The minimum absolute atomic E-state index is 0.0730. The molecule has 0 aromatic heterocycles. The monoisotopic (exact) mass is 370 g/mol. The number of unbranched alkanes of at least 4 members (excludes halogenated alkanes) is 3. The summed E-state index contributed by atoms with van der Waals surface area (Å²) >= 11 is 0. The summed E-state index contributed by atoms with van der Waals surface area (Å²) in [6, 6.07) is 4.36. The van der Waals surface area contributed by atoms with Crippen LogP contribution in [0.2, 0.25) is 0 Å². The zero-order valence-electron chi connectivity index (χ0n) is 18.0. The fourth-order valence-electron chi connectivity index (χ4n) is 5.67. The van der Waals surface area contributed by atoms with E-state index in [1.54, 1.807) is 0 Å². The number of benzene rings is 1. The van der Waals surface area contributed by atoms with Crippen LogP contribution in [0.15, 0.2) is 12.1 Å². The highest BCUT2D eigenvalue weighted by atomic mass is 16.3. The van der Waals surface area contributed by atoms with Crippen molar-refractivity contribution < 1.29 is 9.90 Å². The van der Waals surface area contributed by atoms with E-state index in [-0.39, 0.29) is 16.7 Å². The first-order valence-electron chi connectivity index (χ1n) is 11.0. The van der Waals surface area contributed by atoms with E-state index < -0.39 is 0 Å². The Labute approximate surface area is 165 Å². The molecule has 3 rings (SSSR count). The van der Waals surface area contributed by atoms with Crippen molar-refractivity contribution in [2.45, 2.75) is 104 Å². The molecule has 2 atom stereocenters. The summed E-state index contributed by atoms with van der Waals surface area (Å²) in [5.41, 5.74) is 3.88. The maximum Gasteiger partial charge on any atom is 0.133 e. The van der Waals surface area contributed by atoms with E-state index in [4.69, 9.17) is 0 Å². The molecule has 0 aliphatic heterocycles. The van der Waals surface area contributed by atoms with Gasteiger partial charge in [-0.3, -0.25) is 4.79 Å². The van der Waals surface area contributed by atoms with Crippen molar-refractivity contribution in [3.8, 4) is 5.75 Å². The zero-order chi connectivity index (χ0) is 19.8. The summed E-state index contributed by atoms with van der Waals surface area (Å²) in [6.07, 6.45) is 9.54. The van der Waals surface area contributed by atoms with E-state index in [9.17, 15) is 9.90 Å². The van der Waals surface area contributed by atoms with Crippen molar-refractivity contribution in [3.63, 3.8) is 0 Å². The zero-order valence-corrected chi connectivity index (χ0v) is 18.0. The molecular formula is C25H38O2. The summed E-state index contributed by atoms with van der Waals surface area (Å²) in [6.45, 7) is 11.6. The van der Waals surface area contributed by atoms with Crippen molar-refractivity contribution >= 4 is 5.78 Å². The molecule has 1 fully saturated rings. The minimum Gasteiger partial charge on any atom is -0.508 e. The van der Waals surface area contributed by atoms with Crippen LogP contribution in [0.3, 0.4) is 0 Å². The Balaban J connectivity index is 1.92. The molecule has 150 valence electrons. The number of fused-ring (bicyclic) bond motifs is 3. The van der Waals surface area contributed by atoms with Gasteiger partial charge in [0.25, 0.3) is 0 Å². The van der Waals surface area contributed by atoms with Crippen molar-refractivity contribution in [2.24, 2.45) is 11.3 Å². The molecule has 1 aromatic rings. The van der Waals surface area contributed by atoms with E-state index in [2.05, 4.69) is 40.7 Å². The third-order valence-corrected chi connectivity index (χ3v) is 7.37. The van der Waals surface area contributed by atoms with Gasteiger partial charge in [-0.05, 0) is 59.1 Å². The number of rotatable bonds is 6. The lowest BCUT2D eigenvalue weighted by molar-refractivity contribution is -0.122. The van der Waals surface area contributed by atoms with E-state index in [1.807, 2.05) is 6.07 Å². The second-order valence-electron chi connectivity index (χ2n) is 10.4. The molecule has 0 amide bonds. The van der Waals surface area contributed by atoms with Crippen molar-refractivity contribution in [3.05, 3.63) is 28.8 Å². The van der Waals surface area contributed by atoms with Gasteiger partial charge in [0, 0.05) is 18.4 Å². The fraction of sp³-hybridized carbons (Fsp3) is 0.720. The summed E-state index contributed by atoms with van der Waals surface area (Å²) in [7, 11) is 0. The molecule has 2 heteroatoms. The lowest BCUT2D eigenvalue weighted by atomic mass is 9.56. The predicted octanol–water partition coefficient (Wildman–Crippen LogP) is 6.68. The van der Waals surface area contributed by atoms with Gasteiger partial charge >= 0.3 is 0 Å². The Morgan fingerprint density at radius 3 is 2.63 bits per heavy atom. The minimum atomic E-state index is 0.0730. The van der Waals surface area contributed by atoms with Crippen LogP contribution in [0.4, 0.5) is 0 Å². The number of aromatic hydroxyl groups is 1. The van der Waals surface area contributed by atoms with E-state index >= 15 is 0 Å². The van der Waals surface area contributed by atoms with E-state index in [0.29, 0.717) is 30.3 Å². The molecule has 27 heavy (non-hydrogen) atoms. The Morgan fingerprint density at radius 2 is 1.93 bits per heavy atom. The van der Waals surface area contributed by atoms with Crippen LogP contribution in [0.5, 0.6) is 5.75 Å². The number of carbonyl (C=O) groups is 1. The molecule has 1 saturated carbocycles. The van der Waals surface area contributed by atoms with Crippen LogP contribution in [0.1, 0.15) is 109 Å². The topological polar surface area (TPSA) is 37.3 Å². The van der Waals surface area contributed by atoms with Crippen molar-refractivity contribution in [1.82, 2.24) is 0 Å². The van der Waals surface area contributed by atoms with Gasteiger partial charge in [-0.1, -0.05) is 66.4 Å². The standard InChI is InChI=1S/C25H38O2/c1-6-7-8-9-12-24(2,3)18-13-17-16-25(4,5)21-11-10-19(26)15-20(21)23(17)22(27)14-18/h13-14,20-21,27H,6-12,15-16H2,1-5H3/t20-,21?/m1/s1. The first-order chi connectivity index (χ1) is 12.7. The number of ketones is 1. The summed E-state index contributed by atoms with van der Waals surface area (Å²) < 4.78 is 0. The van der Waals surface area contributed by atoms with Gasteiger partial charge in [0.1, 0.15) is 11.5 Å². The first kappa shape index (κ1) is 20.4. The normalized spacial score (nSPS) is 24.4. The molecule has 2 aliphatic rings. The number of hydrogen-bond acceptors (Lipinski definition) is 2. The Hall–Kier alpha value is -1.31. The highest BCUT2D eigenvalue weighted by Crippen LogP contribution is 2.55. The maximum atomic E-state index is 12.2. The summed E-state index contributed by atoms with van der Waals surface area (Å²) in [5.74, 6) is 1.50. The van der Waals surface area contributed by atoms with Gasteiger partial charge in [0.15, 0.2) is 0 Å². The Morgan fingerprint density at radius 1 is 1.19 bits per heavy atom. The molecule has 0 heterocycles. The quantitative estimate of drug-likeness (QED) is 0.567. The number of phenolic OH excluding ortho intramolecular Hbond substituents is 1. The van der Waals surface area contributed by atoms with Crippen LogP contribution in [-0.4, -0.2) is 10.9 Å². The lowest BCUT2D eigenvalue weighted by Gasteiger charge is -2.47. The highest BCUT2D eigenvalue weighted by Gasteiger charge is 2.46. The molecule has 0 saturated heterocycles. The van der Waals surface area contributed by atoms with Crippen LogP contribution in [0.25, 0.3) is 0 Å². The Bertz CT molecular complexity index is 699. The van der Waals surface area contributed by atoms with Crippen LogP contribution >= 0.6 is 0 Å². The number of phenols is 1. The fourth-order valence-corrected chi connectivity index (χ4v) is 5.67. The molecule has 2 nitrogen and oxygen atoms in total. The Kier molecular flexibility index (Phi) is 5.75. The van der Waals surface area contributed by atoms with Crippen LogP contribution < -0.4 is 0 Å². The van der Waals surface area contributed by atoms with E-state index in [1.165, 1.54) is 36.8 Å². The number of hydrogen-bond donors (Lipinski definition) is 1. The van der Waals surface area contributed by atoms with Gasteiger partial charge in [-0.15, -0.1) is 0 Å². The molecule has 0 bridgehead atoms. The first-order valence-corrected chi connectivity index (χ1v) is 11.0. The summed E-state index contributed by atoms with van der Waals surface area (Å²) in [5, 5.41) is 11.0.